The molecule has 2 rings (SSSR count). The average molecular weight is 342 g/mol. The van der Waals surface area contributed by atoms with Crippen LogP contribution in [-0.4, -0.2) is 17.1 Å². The zero-order chi connectivity index (χ0) is 12.4. The molecule has 1 aromatic heterocycles. The predicted octanol–water partition coefficient (Wildman–Crippen LogP) is 2.36. The van der Waals surface area contributed by atoms with Gasteiger partial charge in [-0.3, -0.25) is 4.79 Å². The molecule has 0 amide bonds. The van der Waals surface area contributed by atoms with E-state index in [2.05, 4.69) is 9.97 Å². The Bertz CT molecular complexity index is 608. The van der Waals surface area contributed by atoms with Crippen LogP contribution in [0.3, 0.4) is 0 Å². The number of benzene rings is 1. The number of methoxy groups -OCH3 is 1. The van der Waals surface area contributed by atoms with E-state index in [4.69, 9.17) is 4.74 Å². The maximum atomic E-state index is 11.5. The monoisotopic (exact) mass is 342 g/mol. The third kappa shape index (κ3) is 2.49. The van der Waals surface area contributed by atoms with Gasteiger partial charge in [0, 0.05) is 6.20 Å². The fourth-order valence-electron chi connectivity index (χ4n) is 1.51. The van der Waals surface area contributed by atoms with E-state index >= 15 is 0 Å². The molecule has 0 bridgehead atoms. The van der Waals surface area contributed by atoms with Gasteiger partial charge in [-0.1, -0.05) is 6.07 Å². The summed E-state index contributed by atoms with van der Waals surface area (Å²) < 4.78 is 5.85. The molecule has 0 spiro atoms. The number of ether oxygens (including phenoxy) is 1. The molecule has 0 aliphatic rings. The van der Waals surface area contributed by atoms with Crippen LogP contribution >= 0.6 is 22.6 Å². The van der Waals surface area contributed by atoms with Gasteiger partial charge in [-0.05, 0) is 47.2 Å². The zero-order valence-electron chi connectivity index (χ0n) is 9.45. The van der Waals surface area contributed by atoms with Gasteiger partial charge in [0.15, 0.2) is 0 Å². The Kier molecular flexibility index (Phi) is 3.46. The SMILES string of the molecule is COc1cc(C)ccc1-c1ncc(I)c(=O)[nH]1. The first-order valence-corrected chi connectivity index (χ1v) is 6.09. The highest BCUT2D eigenvalue weighted by atomic mass is 127. The molecule has 88 valence electrons. The van der Waals surface area contributed by atoms with Crippen molar-refractivity contribution in [1.82, 2.24) is 9.97 Å². The van der Waals surface area contributed by atoms with Gasteiger partial charge in [0.1, 0.15) is 11.6 Å². The molecule has 0 aliphatic heterocycles. The van der Waals surface area contributed by atoms with Crippen LogP contribution in [0.5, 0.6) is 5.75 Å². The van der Waals surface area contributed by atoms with Crippen molar-refractivity contribution < 1.29 is 4.74 Å². The molecule has 17 heavy (non-hydrogen) atoms. The number of H-pyrrole nitrogens is 1. The van der Waals surface area contributed by atoms with Crippen LogP contribution in [0.2, 0.25) is 0 Å². The smallest absolute Gasteiger partial charge is 0.264 e. The van der Waals surface area contributed by atoms with Gasteiger partial charge in [-0.15, -0.1) is 0 Å². The summed E-state index contributed by atoms with van der Waals surface area (Å²) in [5.74, 6) is 1.22. The minimum Gasteiger partial charge on any atom is -0.496 e. The van der Waals surface area contributed by atoms with Crippen molar-refractivity contribution in [2.45, 2.75) is 6.92 Å². The Hall–Kier alpha value is -1.37. The molecule has 0 radical (unpaired) electrons. The van der Waals surface area contributed by atoms with Crippen molar-refractivity contribution in [3.63, 3.8) is 0 Å². The minimum atomic E-state index is -0.141. The number of aromatic amines is 1. The Balaban J connectivity index is 2.59. The highest BCUT2D eigenvalue weighted by Gasteiger charge is 2.09. The summed E-state index contributed by atoms with van der Waals surface area (Å²) in [5, 5.41) is 0. The zero-order valence-corrected chi connectivity index (χ0v) is 11.6. The van der Waals surface area contributed by atoms with Gasteiger partial charge in [-0.25, -0.2) is 4.98 Å². The van der Waals surface area contributed by atoms with Gasteiger partial charge in [0.05, 0.1) is 16.2 Å². The van der Waals surface area contributed by atoms with E-state index in [1.165, 1.54) is 0 Å². The molecular weight excluding hydrogens is 331 g/mol. The van der Waals surface area contributed by atoms with Crippen molar-refractivity contribution in [1.29, 1.82) is 0 Å². The summed E-state index contributed by atoms with van der Waals surface area (Å²) in [6, 6.07) is 5.75. The third-order valence-corrected chi connectivity index (χ3v) is 3.14. The Labute approximate surface area is 112 Å². The lowest BCUT2D eigenvalue weighted by Gasteiger charge is -2.08. The first-order valence-electron chi connectivity index (χ1n) is 5.01. The molecule has 2 aromatic rings. The van der Waals surface area contributed by atoms with E-state index < -0.39 is 0 Å². The van der Waals surface area contributed by atoms with Crippen LogP contribution < -0.4 is 10.3 Å². The third-order valence-electron chi connectivity index (χ3n) is 2.37. The molecule has 0 saturated carbocycles. The summed E-state index contributed by atoms with van der Waals surface area (Å²) in [5.41, 5.74) is 1.74. The molecule has 0 aliphatic carbocycles. The summed E-state index contributed by atoms with van der Waals surface area (Å²) in [6.45, 7) is 1.98. The lowest BCUT2D eigenvalue weighted by Crippen LogP contribution is -2.11. The number of nitrogens with one attached hydrogen (secondary N) is 1. The first-order chi connectivity index (χ1) is 8.11. The number of hydrogen-bond acceptors (Lipinski definition) is 3. The number of halogens is 1. The Morgan fingerprint density at radius 3 is 2.82 bits per heavy atom. The molecule has 0 atom stereocenters. The van der Waals surface area contributed by atoms with E-state index in [-0.39, 0.29) is 5.56 Å². The quantitative estimate of drug-likeness (QED) is 0.853. The van der Waals surface area contributed by atoms with Crippen molar-refractivity contribution in [3.05, 3.63) is 43.9 Å². The molecule has 0 saturated heterocycles. The number of rotatable bonds is 2. The first kappa shape index (κ1) is 12.1. The fraction of sp³-hybridized carbons (Fsp3) is 0.167. The Morgan fingerprint density at radius 2 is 2.18 bits per heavy atom. The summed E-state index contributed by atoms with van der Waals surface area (Å²) in [4.78, 5) is 18.5. The van der Waals surface area contributed by atoms with Crippen LogP contribution in [0.1, 0.15) is 5.56 Å². The van der Waals surface area contributed by atoms with E-state index in [1.807, 2.05) is 47.7 Å². The topological polar surface area (TPSA) is 55.0 Å². The normalized spacial score (nSPS) is 10.3. The second-order valence-corrected chi connectivity index (χ2v) is 4.77. The summed E-state index contributed by atoms with van der Waals surface area (Å²) >= 11 is 1.95. The van der Waals surface area contributed by atoms with Crippen LogP contribution in [0.25, 0.3) is 11.4 Å². The van der Waals surface area contributed by atoms with Crippen molar-refractivity contribution in [3.8, 4) is 17.1 Å². The standard InChI is InChI=1S/C12H11IN2O2/c1-7-3-4-8(10(5-7)17-2)11-14-6-9(13)12(16)15-11/h3-6H,1-2H3,(H,14,15,16). The Morgan fingerprint density at radius 1 is 1.41 bits per heavy atom. The molecule has 1 N–H and O–H groups in total. The molecule has 4 nitrogen and oxygen atoms in total. The molecule has 1 aromatic carbocycles. The molecule has 0 fully saturated rings. The molecule has 1 heterocycles. The lowest BCUT2D eigenvalue weighted by atomic mass is 10.1. The number of aromatic nitrogens is 2. The van der Waals surface area contributed by atoms with E-state index in [0.717, 1.165) is 11.1 Å². The number of aryl methyl sites for hydroxylation is 1. The van der Waals surface area contributed by atoms with Crippen LogP contribution in [0.4, 0.5) is 0 Å². The second kappa shape index (κ2) is 4.87. The van der Waals surface area contributed by atoms with Crippen molar-refractivity contribution >= 4 is 22.6 Å². The van der Waals surface area contributed by atoms with Crippen LogP contribution in [0, 0.1) is 10.5 Å². The fourth-order valence-corrected chi connectivity index (χ4v) is 1.78. The van der Waals surface area contributed by atoms with Gasteiger partial charge >= 0.3 is 0 Å². The second-order valence-electron chi connectivity index (χ2n) is 3.61. The van der Waals surface area contributed by atoms with Gasteiger partial charge in [0.25, 0.3) is 5.56 Å². The van der Waals surface area contributed by atoms with Crippen molar-refractivity contribution in [2.75, 3.05) is 7.11 Å². The van der Waals surface area contributed by atoms with Crippen molar-refractivity contribution in [2.24, 2.45) is 0 Å². The van der Waals surface area contributed by atoms with Gasteiger partial charge in [-0.2, -0.15) is 0 Å². The van der Waals surface area contributed by atoms with Crippen LogP contribution in [-0.2, 0) is 0 Å². The predicted molar refractivity (Wildman–Crippen MR) is 74.3 cm³/mol. The van der Waals surface area contributed by atoms with E-state index in [1.54, 1.807) is 13.3 Å². The van der Waals surface area contributed by atoms with Crippen LogP contribution in [0.15, 0.2) is 29.2 Å². The summed E-state index contributed by atoms with van der Waals surface area (Å²) in [6.07, 6.45) is 1.55. The molecule has 5 heteroatoms. The van der Waals surface area contributed by atoms with Gasteiger partial charge in [0.2, 0.25) is 0 Å². The lowest BCUT2D eigenvalue weighted by molar-refractivity contribution is 0.416. The maximum Gasteiger partial charge on any atom is 0.264 e. The highest BCUT2D eigenvalue weighted by Crippen LogP contribution is 2.27. The minimum absolute atomic E-state index is 0.141. The summed E-state index contributed by atoms with van der Waals surface area (Å²) in [7, 11) is 1.60. The van der Waals surface area contributed by atoms with E-state index in [0.29, 0.717) is 15.1 Å². The van der Waals surface area contributed by atoms with Gasteiger partial charge < -0.3 is 9.72 Å². The molecular formula is C12H11IN2O2. The average Bonchev–Trinajstić information content (AvgIpc) is 2.32. The largest absolute Gasteiger partial charge is 0.496 e. The maximum absolute atomic E-state index is 11.5. The molecule has 0 unspecified atom stereocenters. The number of hydrogen-bond donors (Lipinski definition) is 1. The highest BCUT2D eigenvalue weighted by molar-refractivity contribution is 14.1. The number of nitrogens with zero attached hydrogens (tertiary/aromatic N) is 1. The van der Waals surface area contributed by atoms with E-state index in [9.17, 15) is 4.79 Å².